The van der Waals surface area contributed by atoms with Crippen LogP contribution in [0.2, 0.25) is 0 Å². The number of nitrogens with zero attached hydrogens (tertiary/aromatic N) is 1. The van der Waals surface area contributed by atoms with Crippen molar-refractivity contribution in [3.05, 3.63) is 90.6 Å². The number of sulfonamides is 1. The van der Waals surface area contributed by atoms with Gasteiger partial charge in [0.05, 0.1) is 16.0 Å². The summed E-state index contributed by atoms with van der Waals surface area (Å²) in [4.78, 5) is 15.2. The third-order valence-corrected chi connectivity index (χ3v) is 5.71. The number of hydrogen-bond acceptors (Lipinski definition) is 5. The highest BCUT2D eigenvalue weighted by Crippen LogP contribution is 2.29. The van der Waals surface area contributed by atoms with Crippen LogP contribution < -0.4 is 9.46 Å². The van der Waals surface area contributed by atoms with Crippen LogP contribution >= 0.6 is 0 Å². The number of aromatic nitrogens is 1. The summed E-state index contributed by atoms with van der Waals surface area (Å²) >= 11 is 0. The molecule has 7 nitrogen and oxygen atoms in total. The van der Waals surface area contributed by atoms with E-state index in [2.05, 4.69) is 9.71 Å². The lowest BCUT2D eigenvalue weighted by Crippen LogP contribution is -2.13. The number of pyridine rings is 1. The van der Waals surface area contributed by atoms with Gasteiger partial charge in [0.1, 0.15) is 11.5 Å². The van der Waals surface area contributed by atoms with Crippen LogP contribution in [0.4, 0.5) is 5.69 Å². The molecule has 2 N–H and O–H groups in total. The quantitative estimate of drug-likeness (QED) is 0.475. The maximum Gasteiger partial charge on any atom is 0.335 e. The van der Waals surface area contributed by atoms with Crippen molar-refractivity contribution in [3.63, 3.8) is 0 Å². The summed E-state index contributed by atoms with van der Waals surface area (Å²) in [5.74, 6) is -0.0289. The SMILES string of the molecule is O=C(O)c1cccc(S(=O)(=O)Nc2ccc(Oc3ccnc4ccccc34)cc2)c1. The Morgan fingerprint density at radius 1 is 0.933 bits per heavy atom. The number of carbonyl (C=O) groups is 1. The second-order valence-electron chi connectivity index (χ2n) is 6.39. The van der Waals surface area contributed by atoms with Gasteiger partial charge in [0.15, 0.2) is 0 Å². The molecule has 0 spiro atoms. The molecule has 0 fully saturated rings. The van der Waals surface area contributed by atoms with Crippen molar-refractivity contribution >= 4 is 32.6 Å². The number of aromatic carboxylic acids is 1. The van der Waals surface area contributed by atoms with E-state index < -0.39 is 16.0 Å². The fraction of sp³-hybridized carbons (Fsp3) is 0. The normalized spacial score (nSPS) is 11.2. The Morgan fingerprint density at radius 2 is 1.70 bits per heavy atom. The molecule has 0 radical (unpaired) electrons. The number of anilines is 1. The lowest BCUT2D eigenvalue weighted by molar-refractivity contribution is 0.0696. The van der Waals surface area contributed by atoms with Crippen LogP contribution in [0.15, 0.2) is 90.0 Å². The largest absolute Gasteiger partial charge is 0.478 e. The molecule has 4 aromatic rings. The van der Waals surface area contributed by atoms with E-state index in [4.69, 9.17) is 9.84 Å². The molecule has 150 valence electrons. The van der Waals surface area contributed by atoms with Gasteiger partial charge in [0.25, 0.3) is 10.0 Å². The standard InChI is InChI=1S/C22H16N2O5S/c25-22(26)15-4-3-5-18(14-15)30(27,28)24-16-8-10-17(11-9-16)29-21-12-13-23-20-7-2-1-6-19(20)21/h1-14,24H,(H,25,26). The molecule has 0 aliphatic rings. The van der Waals surface area contributed by atoms with E-state index in [1.807, 2.05) is 24.3 Å². The average molecular weight is 420 g/mol. The van der Waals surface area contributed by atoms with E-state index in [1.165, 1.54) is 18.2 Å². The summed E-state index contributed by atoms with van der Waals surface area (Å²) < 4.78 is 33.5. The fourth-order valence-electron chi connectivity index (χ4n) is 2.89. The van der Waals surface area contributed by atoms with Gasteiger partial charge in [-0.25, -0.2) is 13.2 Å². The zero-order valence-corrected chi connectivity index (χ0v) is 16.3. The molecule has 4 rings (SSSR count). The number of benzene rings is 3. The highest BCUT2D eigenvalue weighted by molar-refractivity contribution is 7.92. The van der Waals surface area contributed by atoms with E-state index in [0.717, 1.165) is 17.0 Å². The molecule has 0 atom stereocenters. The monoisotopic (exact) mass is 420 g/mol. The summed E-state index contributed by atoms with van der Waals surface area (Å²) in [5, 5.41) is 9.91. The molecule has 0 aliphatic heterocycles. The topological polar surface area (TPSA) is 106 Å². The Morgan fingerprint density at radius 3 is 2.47 bits per heavy atom. The van der Waals surface area contributed by atoms with E-state index >= 15 is 0 Å². The van der Waals surface area contributed by atoms with Crippen LogP contribution in [0.25, 0.3) is 10.9 Å². The van der Waals surface area contributed by atoms with E-state index in [1.54, 1.807) is 36.5 Å². The first-order valence-electron chi connectivity index (χ1n) is 8.90. The molecule has 1 aromatic heterocycles. The van der Waals surface area contributed by atoms with E-state index in [-0.39, 0.29) is 10.5 Å². The minimum atomic E-state index is -3.93. The molecule has 0 saturated heterocycles. The van der Waals surface area contributed by atoms with Crippen LogP contribution in [0, 0.1) is 0 Å². The number of fused-ring (bicyclic) bond motifs is 1. The maximum absolute atomic E-state index is 12.6. The van der Waals surface area contributed by atoms with Crippen LogP contribution in [0.1, 0.15) is 10.4 Å². The predicted molar refractivity (Wildman–Crippen MR) is 112 cm³/mol. The highest BCUT2D eigenvalue weighted by Gasteiger charge is 2.16. The Balaban J connectivity index is 1.54. The highest BCUT2D eigenvalue weighted by atomic mass is 32.2. The first-order chi connectivity index (χ1) is 14.4. The predicted octanol–water partition coefficient (Wildman–Crippen LogP) is 4.53. The number of ether oxygens (including phenoxy) is 1. The zero-order valence-electron chi connectivity index (χ0n) is 15.5. The van der Waals surface area contributed by atoms with Crippen LogP contribution in [0.5, 0.6) is 11.5 Å². The van der Waals surface area contributed by atoms with Gasteiger partial charge in [-0.2, -0.15) is 0 Å². The summed E-state index contributed by atoms with van der Waals surface area (Å²) in [7, 11) is -3.93. The average Bonchev–Trinajstić information content (AvgIpc) is 2.75. The Labute approximate surface area is 172 Å². The number of hydrogen-bond donors (Lipinski definition) is 2. The second kappa shape index (κ2) is 7.84. The first-order valence-corrected chi connectivity index (χ1v) is 10.4. The molecular formula is C22H16N2O5S. The van der Waals surface area contributed by atoms with Gasteiger partial charge in [0.2, 0.25) is 0 Å². The fourth-order valence-corrected chi connectivity index (χ4v) is 3.99. The van der Waals surface area contributed by atoms with Crippen molar-refractivity contribution in [2.45, 2.75) is 4.90 Å². The minimum absolute atomic E-state index is 0.105. The number of carboxylic acids is 1. The van der Waals surface area contributed by atoms with E-state index in [0.29, 0.717) is 17.2 Å². The van der Waals surface area contributed by atoms with Gasteiger partial charge in [-0.1, -0.05) is 18.2 Å². The Bertz CT molecular complexity index is 1330. The number of rotatable bonds is 6. The van der Waals surface area contributed by atoms with Gasteiger partial charge in [0, 0.05) is 17.3 Å². The van der Waals surface area contributed by atoms with Gasteiger partial charge in [-0.3, -0.25) is 9.71 Å². The molecule has 8 heteroatoms. The van der Waals surface area contributed by atoms with Crippen molar-refractivity contribution in [1.29, 1.82) is 0 Å². The van der Waals surface area contributed by atoms with Crippen molar-refractivity contribution in [3.8, 4) is 11.5 Å². The third kappa shape index (κ3) is 4.08. The van der Waals surface area contributed by atoms with Crippen molar-refractivity contribution in [1.82, 2.24) is 4.98 Å². The van der Waals surface area contributed by atoms with Gasteiger partial charge >= 0.3 is 5.97 Å². The second-order valence-corrected chi connectivity index (χ2v) is 8.07. The van der Waals surface area contributed by atoms with Gasteiger partial charge < -0.3 is 9.84 Å². The molecule has 30 heavy (non-hydrogen) atoms. The summed E-state index contributed by atoms with van der Waals surface area (Å²) in [6, 6.07) is 20.9. The molecule has 0 amide bonds. The number of carboxylic acid groups (broad SMARTS) is 1. The molecular weight excluding hydrogens is 404 g/mol. The minimum Gasteiger partial charge on any atom is -0.478 e. The molecule has 0 bridgehead atoms. The lowest BCUT2D eigenvalue weighted by atomic mass is 10.2. The van der Waals surface area contributed by atoms with Crippen LogP contribution in [-0.4, -0.2) is 24.5 Å². The third-order valence-electron chi connectivity index (χ3n) is 4.33. The lowest BCUT2D eigenvalue weighted by Gasteiger charge is -2.11. The van der Waals surface area contributed by atoms with Crippen molar-refractivity contribution in [2.75, 3.05) is 4.72 Å². The summed E-state index contributed by atoms with van der Waals surface area (Å²) in [5.41, 5.74) is 1.02. The van der Waals surface area contributed by atoms with Crippen molar-refractivity contribution < 1.29 is 23.1 Å². The van der Waals surface area contributed by atoms with Crippen molar-refractivity contribution in [2.24, 2.45) is 0 Å². The Kier molecular flexibility index (Phi) is 5.07. The summed E-state index contributed by atoms with van der Waals surface area (Å²) in [6.07, 6.45) is 1.66. The summed E-state index contributed by atoms with van der Waals surface area (Å²) in [6.45, 7) is 0. The van der Waals surface area contributed by atoms with Crippen LogP contribution in [-0.2, 0) is 10.0 Å². The van der Waals surface area contributed by atoms with Gasteiger partial charge in [-0.15, -0.1) is 0 Å². The zero-order chi connectivity index (χ0) is 21.1. The Hall–Kier alpha value is -3.91. The molecule has 0 saturated carbocycles. The number of nitrogens with one attached hydrogen (secondary N) is 1. The number of para-hydroxylation sites is 1. The maximum atomic E-state index is 12.6. The molecule has 3 aromatic carbocycles. The van der Waals surface area contributed by atoms with E-state index in [9.17, 15) is 13.2 Å². The smallest absolute Gasteiger partial charge is 0.335 e. The molecule has 0 unspecified atom stereocenters. The van der Waals surface area contributed by atoms with Gasteiger partial charge in [-0.05, 0) is 60.7 Å². The van der Waals surface area contributed by atoms with Crippen LogP contribution in [0.3, 0.4) is 0 Å². The molecule has 1 heterocycles. The molecule has 0 aliphatic carbocycles. The first kappa shape index (κ1) is 19.4.